The van der Waals surface area contributed by atoms with Gasteiger partial charge in [-0.3, -0.25) is 0 Å². The maximum Gasteiger partial charge on any atom is 0.196 e. The van der Waals surface area contributed by atoms with Gasteiger partial charge in [0.25, 0.3) is 0 Å². The Labute approximate surface area is 127 Å². The van der Waals surface area contributed by atoms with Crippen LogP contribution >= 0.6 is 23.4 Å². The van der Waals surface area contributed by atoms with Gasteiger partial charge in [0.05, 0.1) is 5.02 Å². The Bertz CT molecular complexity index is 599. The molecular weight excluding hydrogens is 294 g/mol. The quantitative estimate of drug-likeness (QED) is 0.752. The average molecular weight is 310 g/mol. The number of rotatable bonds is 4. The first-order chi connectivity index (χ1) is 9.49. The molecule has 7 heteroatoms. The highest BCUT2D eigenvalue weighted by Gasteiger charge is 2.10. The third-order valence-corrected chi connectivity index (χ3v) is 4.20. The van der Waals surface area contributed by atoms with Gasteiger partial charge in [-0.2, -0.15) is 0 Å². The molecule has 5 N–H and O–H groups in total. The van der Waals surface area contributed by atoms with Gasteiger partial charge >= 0.3 is 0 Å². The SMILES string of the molecule is CNC(C)c1ccc(Sc2nc(N)cc(N)n2)c(Cl)c1. The van der Waals surface area contributed by atoms with Crippen LogP contribution in [0.2, 0.25) is 5.02 Å². The van der Waals surface area contributed by atoms with Crippen LogP contribution < -0.4 is 16.8 Å². The van der Waals surface area contributed by atoms with E-state index in [9.17, 15) is 0 Å². The summed E-state index contributed by atoms with van der Waals surface area (Å²) in [6.45, 7) is 2.07. The minimum atomic E-state index is 0.241. The predicted octanol–water partition coefficient (Wildman–Crippen LogP) is 2.73. The van der Waals surface area contributed by atoms with Crippen LogP contribution in [-0.2, 0) is 0 Å². The number of anilines is 2. The number of hydrogen-bond acceptors (Lipinski definition) is 6. The van der Waals surface area contributed by atoms with Crippen molar-refractivity contribution < 1.29 is 0 Å². The van der Waals surface area contributed by atoms with Gasteiger partial charge in [-0.15, -0.1) is 0 Å². The van der Waals surface area contributed by atoms with Gasteiger partial charge in [0.15, 0.2) is 5.16 Å². The van der Waals surface area contributed by atoms with Crippen molar-refractivity contribution in [1.82, 2.24) is 15.3 Å². The van der Waals surface area contributed by atoms with Crippen LogP contribution in [0.25, 0.3) is 0 Å². The van der Waals surface area contributed by atoms with Gasteiger partial charge in [0.2, 0.25) is 0 Å². The summed E-state index contributed by atoms with van der Waals surface area (Å²) in [4.78, 5) is 9.11. The number of benzene rings is 1. The fourth-order valence-corrected chi connectivity index (χ4v) is 2.74. The lowest BCUT2D eigenvalue weighted by Crippen LogP contribution is -2.12. The predicted molar refractivity (Wildman–Crippen MR) is 83.9 cm³/mol. The second-order valence-electron chi connectivity index (χ2n) is 4.30. The van der Waals surface area contributed by atoms with Crippen LogP contribution in [0.3, 0.4) is 0 Å². The minimum absolute atomic E-state index is 0.241. The molecule has 1 aromatic heterocycles. The van der Waals surface area contributed by atoms with Crippen LogP contribution in [0.1, 0.15) is 18.5 Å². The summed E-state index contributed by atoms with van der Waals surface area (Å²) in [6.07, 6.45) is 0. The van der Waals surface area contributed by atoms with E-state index in [2.05, 4.69) is 22.2 Å². The van der Waals surface area contributed by atoms with E-state index in [0.29, 0.717) is 21.8 Å². The minimum Gasteiger partial charge on any atom is -0.383 e. The Morgan fingerprint density at radius 3 is 2.40 bits per heavy atom. The number of halogens is 1. The van der Waals surface area contributed by atoms with E-state index in [-0.39, 0.29) is 6.04 Å². The molecule has 0 aliphatic carbocycles. The standard InChI is InChI=1S/C13H16ClN5S/c1-7(17-2)8-3-4-10(9(14)5-8)20-13-18-11(15)6-12(16)19-13/h3-7,17H,1-2H3,(H4,15,16,18,19). The Morgan fingerprint density at radius 2 is 1.85 bits per heavy atom. The van der Waals surface area contributed by atoms with Crippen molar-refractivity contribution in [2.45, 2.75) is 23.0 Å². The molecule has 1 atom stereocenters. The Balaban J connectivity index is 2.25. The van der Waals surface area contributed by atoms with E-state index in [0.717, 1.165) is 10.5 Å². The molecule has 0 aliphatic heterocycles. The molecule has 0 fully saturated rings. The van der Waals surface area contributed by atoms with Crippen molar-refractivity contribution in [2.75, 3.05) is 18.5 Å². The lowest BCUT2D eigenvalue weighted by Gasteiger charge is -2.12. The van der Waals surface area contributed by atoms with Crippen LogP contribution in [0.5, 0.6) is 0 Å². The zero-order valence-corrected chi connectivity index (χ0v) is 12.8. The molecule has 0 saturated heterocycles. The van der Waals surface area contributed by atoms with Crippen LogP contribution in [0, 0.1) is 0 Å². The molecule has 0 bridgehead atoms. The lowest BCUT2D eigenvalue weighted by atomic mass is 10.1. The van der Waals surface area contributed by atoms with Gasteiger partial charge in [-0.25, -0.2) is 9.97 Å². The molecule has 2 rings (SSSR count). The van der Waals surface area contributed by atoms with Crippen molar-refractivity contribution in [3.05, 3.63) is 34.9 Å². The second-order valence-corrected chi connectivity index (χ2v) is 5.72. The summed E-state index contributed by atoms with van der Waals surface area (Å²) < 4.78 is 0. The van der Waals surface area contributed by atoms with Crippen molar-refractivity contribution in [1.29, 1.82) is 0 Å². The summed E-state index contributed by atoms with van der Waals surface area (Å²) in [5.74, 6) is 0.688. The van der Waals surface area contributed by atoms with Gasteiger partial charge in [0.1, 0.15) is 11.6 Å². The fraction of sp³-hybridized carbons (Fsp3) is 0.231. The molecule has 0 amide bonds. The number of aromatic nitrogens is 2. The van der Waals surface area contributed by atoms with Crippen molar-refractivity contribution in [3.8, 4) is 0 Å². The first-order valence-corrected chi connectivity index (χ1v) is 7.23. The van der Waals surface area contributed by atoms with E-state index in [4.69, 9.17) is 23.1 Å². The second kappa shape index (κ2) is 6.30. The Morgan fingerprint density at radius 1 is 1.20 bits per heavy atom. The highest BCUT2D eigenvalue weighted by molar-refractivity contribution is 7.99. The summed E-state index contributed by atoms with van der Waals surface area (Å²) in [6, 6.07) is 7.65. The topological polar surface area (TPSA) is 89.8 Å². The molecule has 1 aromatic carbocycles. The fourth-order valence-electron chi connectivity index (χ4n) is 1.64. The molecule has 106 valence electrons. The lowest BCUT2D eigenvalue weighted by molar-refractivity contribution is 0.652. The maximum absolute atomic E-state index is 6.29. The van der Waals surface area contributed by atoms with Crippen LogP contribution in [0.4, 0.5) is 11.6 Å². The van der Waals surface area contributed by atoms with Crippen LogP contribution in [-0.4, -0.2) is 17.0 Å². The summed E-state index contributed by atoms with van der Waals surface area (Å²) in [7, 11) is 1.91. The van der Waals surface area contributed by atoms with Crippen molar-refractivity contribution in [3.63, 3.8) is 0 Å². The van der Waals surface area contributed by atoms with Gasteiger partial charge in [-0.05, 0) is 43.4 Å². The van der Waals surface area contributed by atoms with E-state index in [1.54, 1.807) is 0 Å². The zero-order valence-electron chi connectivity index (χ0n) is 11.2. The molecule has 1 unspecified atom stereocenters. The molecule has 1 heterocycles. The molecule has 20 heavy (non-hydrogen) atoms. The molecule has 5 nitrogen and oxygen atoms in total. The van der Waals surface area contributed by atoms with Gasteiger partial charge in [0, 0.05) is 17.0 Å². The van der Waals surface area contributed by atoms with E-state index in [1.807, 2.05) is 25.2 Å². The maximum atomic E-state index is 6.29. The molecule has 0 radical (unpaired) electrons. The number of hydrogen-bond donors (Lipinski definition) is 3. The van der Waals surface area contributed by atoms with Crippen molar-refractivity contribution >= 4 is 35.0 Å². The Kier molecular flexibility index (Phi) is 4.69. The third kappa shape index (κ3) is 3.53. The summed E-state index contributed by atoms with van der Waals surface area (Å²) in [5.41, 5.74) is 12.4. The summed E-state index contributed by atoms with van der Waals surface area (Å²) in [5, 5.41) is 4.31. The highest BCUT2D eigenvalue weighted by atomic mass is 35.5. The first-order valence-electron chi connectivity index (χ1n) is 6.04. The van der Waals surface area contributed by atoms with Gasteiger partial charge in [-0.1, -0.05) is 17.7 Å². The normalized spacial score (nSPS) is 12.3. The Hall–Kier alpha value is -1.50. The van der Waals surface area contributed by atoms with E-state index in [1.165, 1.54) is 17.8 Å². The largest absolute Gasteiger partial charge is 0.383 e. The third-order valence-electron chi connectivity index (χ3n) is 2.84. The molecule has 0 saturated carbocycles. The molecular formula is C13H16ClN5S. The molecule has 0 aliphatic rings. The van der Waals surface area contributed by atoms with Crippen molar-refractivity contribution in [2.24, 2.45) is 0 Å². The van der Waals surface area contributed by atoms with E-state index >= 15 is 0 Å². The molecule has 0 spiro atoms. The summed E-state index contributed by atoms with van der Waals surface area (Å²) >= 11 is 7.63. The van der Waals surface area contributed by atoms with Crippen LogP contribution in [0.15, 0.2) is 34.3 Å². The number of nitrogen functional groups attached to an aromatic ring is 2. The highest BCUT2D eigenvalue weighted by Crippen LogP contribution is 2.33. The average Bonchev–Trinajstić information content (AvgIpc) is 2.39. The van der Waals surface area contributed by atoms with Gasteiger partial charge < -0.3 is 16.8 Å². The monoisotopic (exact) mass is 309 g/mol. The number of nitrogens with one attached hydrogen (secondary N) is 1. The number of nitrogens with two attached hydrogens (primary N) is 2. The molecule has 2 aromatic rings. The van der Waals surface area contributed by atoms with E-state index < -0.39 is 0 Å². The number of nitrogens with zero attached hydrogens (tertiary/aromatic N) is 2. The first kappa shape index (κ1) is 14.9. The zero-order chi connectivity index (χ0) is 14.7. The smallest absolute Gasteiger partial charge is 0.196 e.